The molecule has 3 amide bonds. The second kappa shape index (κ2) is 10.5. The molecule has 3 atom stereocenters. The van der Waals surface area contributed by atoms with Gasteiger partial charge in [0.15, 0.2) is 8.32 Å². The molecule has 0 bridgehead atoms. The van der Waals surface area contributed by atoms with Gasteiger partial charge >= 0.3 is 12.2 Å². The molecule has 10 heteroatoms. The highest BCUT2D eigenvalue weighted by atomic mass is 28.4. The standard InChI is InChI=1S/C24H46N2O7Si/c1-22(2,3)31-20(29)25(10)19(28)14-18(27)17-13-16(33-34(11,12)24(7,8)9)15-26(17)21(30)32-23(4,5)6/h16-18,27H,13-15H2,1-12H3/t16-,17+,18?/m1/s1. The van der Waals surface area contributed by atoms with Gasteiger partial charge in [0, 0.05) is 13.6 Å². The molecule has 1 unspecified atom stereocenters. The third kappa shape index (κ3) is 8.85. The highest BCUT2D eigenvalue weighted by Crippen LogP contribution is 2.39. The topological polar surface area (TPSA) is 106 Å². The summed E-state index contributed by atoms with van der Waals surface area (Å²) in [6, 6.07) is -0.680. The lowest BCUT2D eigenvalue weighted by atomic mass is 10.0. The molecule has 1 fully saturated rings. The van der Waals surface area contributed by atoms with E-state index < -0.39 is 49.8 Å². The molecule has 0 aliphatic carbocycles. The van der Waals surface area contributed by atoms with Crippen molar-refractivity contribution in [2.24, 2.45) is 0 Å². The van der Waals surface area contributed by atoms with Gasteiger partial charge < -0.3 is 19.0 Å². The largest absolute Gasteiger partial charge is 0.444 e. The van der Waals surface area contributed by atoms with Crippen molar-refractivity contribution in [2.45, 2.75) is 123 Å². The van der Waals surface area contributed by atoms with Crippen LogP contribution in [0, 0.1) is 0 Å². The second-order valence-electron chi connectivity index (χ2n) is 12.6. The number of ether oxygens (including phenoxy) is 2. The molecule has 1 saturated heterocycles. The van der Waals surface area contributed by atoms with Crippen LogP contribution in [0.25, 0.3) is 0 Å². The van der Waals surface area contributed by atoms with Crippen molar-refractivity contribution in [1.29, 1.82) is 0 Å². The number of aliphatic hydroxyl groups excluding tert-OH is 1. The van der Waals surface area contributed by atoms with Gasteiger partial charge in [-0.05, 0) is 66.1 Å². The molecule has 1 heterocycles. The van der Waals surface area contributed by atoms with E-state index in [9.17, 15) is 19.5 Å². The van der Waals surface area contributed by atoms with Crippen LogP contribution in [-0.2, 0) is 18.7 Å². The number of aliphatic hydroxyl groups is 1. The summed E-state index contributed by atoms with van der Waals surface area (Å²) in [6.45, 7) is 21.4. The fraction of sp³-hybridized carbons (Fsp3) is 0.875. The molecule has 0 saturated carbocycles. The lowest BCUT2D eigenvalue weighted by Gasteiger charge is -2.38. The predicted molar refractivity (Wildman–Crippen MR) is 133 cm³/mol. The van der Waals surface area contributed by atoms with Crippen LogP contribution in [0.4, 0.5) is 9.59 Å². The summed E-state index contributed by atoms with van der Waals surface area (Å²) < 4.78 is 17.3. The maximum Gasteiger partial charge on any atom is 0.416 e. The van der Waals surface area contributed by atoms with E-state index in [1.54, 1.807) is 41.5 Å². The average molecular weight is 503 g/mol. The Bertz CT molecular complexity index is 750. The van der Waals surface area contributed by atoms with E-state index in [0.717, 1.165) is 4.90 Å². The molecule has 0 aromatic rings. The highest BCUT2D eigenvalue weighted by Gasteiger charge is 2.46. The Hall–Kier alpha value is -1.65. The van der Waals surface area contributed by atoms with E-state index in [4.69, 9.17) is 13.9 Å². The number of amides is 3. The summed E-state index contributed by atoms with van der Waals surface area (Å²) in [5, 5.41) is 11.0. The average Bonchev–Trinajstić information content (AvgIpc) is 3.00. The molecular formula is C24H46N2O7Si. The lowest BCUT2D eigenvalue weighted by Crippen LogP contribution is -2.47. The molecule has 0 aromatic carbocycles. The Labute approximate surface area is 206 Å². The lowest BCUT2D eigenvalue weighted by molar-refractivity contribution is -0.132. The number of carbonyl (C=O) groups is 3. The van der Waals surface area contributed by atoms with Gasteiger partial charge in [-0.3, -0.25) is 14.6 Å². The van der Waals surface area contributed by atoms with Crippen LogP contribution in [0.2, 0.25) is 18.1 Å². The Morgan fingerprint density at radius 3 is 1.94 bits per heavy atom. The van der Waals surface area contributed by atoms with E-state index in [1.165, 1.54) is 11.9 Å². The quantitative estimate of drug-likeness (QED) is 0.551. The summed E-state index contributed by atoms with van der Waals surface area (Å²) in [4.78, 5) is 40.2. The fourth-order valence-electron chi connectivity index (χ4n) is 3.28. The van der Waals surface area contributed by atoms with Crippen LogP contribution in [0.5, 0.6) is 0 Å². The molecular weight excluding hydrogens is 456 g/mol. The van der Waals surface area contributed by atoms with Crippen molar-refractivity contribution in [3.8, 4) is 0 Å². The first-order chi connectivity index (χ1) is 15.0. The number of likely N-dealkylation sites (tertiary alicyclic amines) is 1. The zero-order valence-electron chi connectivity index (χ0n) is 23.1. The van der Waals surface area contributed by atoms with Gasteiger partial charge in [-0.1, -0.05) is 20.8 Å². The van der Waals surface area contributed by atoms with Crippen molar-refractivity contribution in [1.82, 2.24) is 9.80 Å². The molecule has 9 nitrogen and oxygen atoms in total. The first-order valence-electron chi connectivity index (χ1n) is 11.9. The zero-order valence-corrected chi connectivity index (χ0v) is 24.1. The Morgan fingerprint density at radius 2 is 1.50 bits per heavy atom. The van der Waals surface area contributed by atoms with Crippen LogP contribution in [-0.4, -0.2) is 84.4 Å². The number of hydrogen-bond donors (Lipinski definition) is 1. The number of carbonyl (C=O) groups excluding carboxylic acids is 3. The van der Waals surface area contributed by atoms with E-state index in [1.807, 2.05) is 0 Å². The van der Waals surface area contributed by atoms with E-state index in [0.29, 0.717) is 6.42 Å². The molecule has 34 heavy (non-hydrogen) atoms. The van der Waals surface area contributed by atoms with Gasteiger partial charge in [0.25, 0.3) is 0 Å². The van der Waals surface area contributed by atoms with Crippen molar-refractivity contribution < 1.29 is 33.4 Å². The minimum Gasteiger partial charge on any atom is -0.444 e. The smallest absolute Gasteiger partial charge is 0.416 e. The predicted octanol–water partition coefficient (Wildman–Crippen LogP) is 4.53. The molecule has 1 N–H and O–H groups in total. The van der Waals surface area contributed by atoms with Crippen LogP contribution < -0.4 is 0 Å². The highest BCUT2D eigenvalue weighted by molar-refractivity contribution is 6.74. The summed E-state index contributed by atoms with van der Waals surface area (Å²) >= 11 is 0. The number of nitrogens with zero attached hydrogens (tertiary/aromatic N) is 2. The third-order valence-electron chi connectivity index (χ3n) is 6.07. The minimum atomic E-state index is -2.13. The van der Waals surface area contributed by atoms with Crippen molar-refractivity contribution in [3.05, 3.63) is 0 Å². The van der Waals surface area contributed by atoms with Crippen LogP contribution >= 0.6 is 0 Å². The molecule has 1 aliphatic heterocycles. The van der Waals surface area contributed by atoms with E-state index in [2.05, 4.69) is 33.9 Å². The van der Waals surface area contributed by atoms with Crippen molar-refractivity contribution >= 4 is 26.4 Å². The molecule has 1 aliphatic rings. The first kappa shape index (κ1) is 30.4. The second-order valence-corrected chi connectivity index (χ2v) is 17.4. The number of rotatable bonds is 5. The Morgan fingerprint density at radius 1 is 1.00 bits per heavy atom. The summed E-state index contributed by atoms with van der Waals surface area (Å²) in [5.41, 5.74) is -1.46. The summed E-state index contributed by atoms with van der Waals surface area (Å²) in [5.74, 6) is -0.598. The van der Waals surface area contributed by atoms with E-state index >= 15 is 0 Å². The first-order valence-corrected chi connectivity index (χ1v) is 14.8. The van der Waals surface area contributed by atoms with Crippen molar-refractivity contribution in [3.63, 3.8) is 0 Å². The third-order valence-corrected chi connectivity index (χ3v) is 10.6. The fourth-order valence-corrected chi connectivity index (χ4v) is 4.64. The monoisotopic (exact) mass is 502 g/mol. The minimum absolute atomic E-state index is 0.0213. The zero-order chi connectivity index (χ0) is 26.9. The maximum absolute atomic E-state index is 12.9. The molecule has 1 rings (SSSR count). The van der Waals surface area contributed by atoms with Gasteiger partial charge in [0.05, 0.1) is 24.7 Å². The van der Waals surface area contributed by atoms with Gasteiger partial charge in [0.1, 0.15) is 11.2 Å². The maximum atomic E-state index is 12.9. The van der Waals surface area contributed by atoms with Crippen LogP contribution in [0.1, 0.15) is 75.2 Å². The van der Waals surface area contributed by atoms with Gasteiger partial charge in [-0.2, -0.15) is 0 Å². The molecule has 0 aromatic heterocycles. The van der Waals surface area contributed by atoms with Crippen LogP contribution in [0.3, 0.4) is 0 Å². The normalized spacial score (nSPS) is 20.7. The van der Waals surface area contributed by atoms with Gasteiger partial charge in [-0.15, -0.1) is 0 Å². The van der Waals surface area contributed by atoms with Gasteiger partial charge in [0.2, 0.25) is 5.91 Å². The molecule has 198 valence electrons. The van der Waals surface area contributed by atoms with E-state index in [-0.39, 0.29) is 24.1 Å². The Kier molecular flexibility index (Phi) is 9.41. The number of imide groups is 1. The molecule has 0 radical (unpaired) electrons. The molecule has 0 spiro atoms. The Balaban J connectivity index is 3.03. The summed E-state index contributed by atoms with van der Waals surface area (Å²) in [6.07, 6.45) is -2.81. The summed E-state index contributed by atoms with van der Waals surface area (Å²) in [7, 11) is -0.818. The van der Waals surface area contributed by atoms with Gasteiger partial charge in [-0.25, -0.2) is 9.59 Å². The van der Waals surface area contributed by atoms with Crippen molar-refractivity contribution in [2.75, 3.05) is 13.6 Å². The number of hydrogen-bond acceptors (Lipinski definition) is 7. The van der Waals surface area contributed by atoms with Crippen LogP contribution in [0.15, 0.2) is 0 Å². The SMILES string of the molecule is CN(C(=O)CC(O)[C@@H]1C[C@@H](O[Si](C)(C)C(C)(C)C)CN1C(=O)OC(C)(C)C)C(=O)OC(C)(C)C.